The van der Waals surface area contributed by atoms with E-state index in [1.54, 1.807) is 0 Å². The summed E-state index contributed by atoms with van der Waals surface area (Å²) in [6.07, 6.45) is 5.67. The summed E-state index contributed by atoms with van der Waals surface area (Å²) < 4.78 is 0. The molecule has 4 nitrogen and oxygen atoms in total. The summed E-state index contributed by atoms with van der Waals surface area (Å²) in [4.78, 5) is 29.1. The van der Waals surface area contributed by atoms with Gasteiger partial charge in [0.25, 0.3) is 0 Å². The van der Waals surface area contributed by atoms with Gasteiger partial charge in [-0.3, -0.25) is 9.59 Å². The lowest BCUT2D eigenvalue weighted by molar-refractivity contribution is -0.141. The molecular weight excluding hydrogens is 324 g/mol. The van der Waals surface area contributed by atoms with Gasteiger partial charge in [0, 0.05) is 43.0 Å². The quantitative estimate of drug-likeness (QED) is 0.729. The van der Waals surface area contributed by atoms with E-state index in [0.717, 1.165) is 44.6 Å². The van der Waals surface area contributed by atoms with Crippen molar-refractivity contribution in [2.45, 2.75) is 58.4 Å². The lowest BCUT2D eigenvalue weighted by Crippen LogP contribution is -2.55. The number of carbonyl (C=O) groups excluding carboxylic acids is 2. The minimum atomic E-state index is 0.242. The minimum Gasteiger partial charge on any atom is -0.340 e. The molecule has 2 heterocycles. The molecule has 0 aliphatic carbocycles. The normalized spacial score (nSPS) is 24.4. The van der Waals surface area contributed by atoms with Crippen LogP contribution in [0, 0.1) is 5.41 Å². The number of amides is 1. The maximum absolute atomic E-state index is 12.3. The van der Waals surface area contributed by atoms with Gasteiger partial charge in [-0.05, 0) is 52.6 Å². The molecule has 1 amide bonds. The summed E-state index contributed by atoms with van der Waals surface area (Å²) in [5.41, 5.74) is 1.08. The third-order valence-corrected chi connectivity index (χ3v) is 6.03. The van der Waals surface area contributed by atoms with Crippen molar-refractivity contribution in [3.63, 3.8) is 0 Å². The average Bonchev–Trinajstić information content (AvgIpc) is 2.65. The van der Waals surface area contributed by atoms with E-state index in [0.29, 0.717) is 24.8 Å². The molecule has 4 heteroatoms. The standard InChI is InChI=1S/C22H32N2O2/c1-18(2)24-17-22(13-11-21(24)26)12-7-15-23(16-22)14-6-10-20(25)19-8-4-3-5-9-19/h3-5,8-9,18H,6-7,10-17H2,1-2H3. The van der Waals surface area contributed by atoms with Gasteiger partial charge >= 0.3 is 0 Å². The fourth-order valence-corrected chi connectivity index (χ4v) is 4.58. The molecule has 1 unspecified atom stereocenters. The summed E-state index contributed by atoms with van der Waals surface area (Å²) in [7, 11) is 0. The second-order valence-electron chi connectivity index (χ2n) is 8.39. The molecule has 1 spiro atoms. The SMILES string of the molecule is CC(C)N1CC2(CCCN(CCCC(=O)c3ccccc3)C2)CCC1=O. The molecule has 1 aromatic rings. The summed E-state index contributed by atoms with van der Waals surface area (Å²) >= 11 is 0. The summed E-state index contributed by atoms with van der Waals surface area (Å²) in [6, 6.07) is 9.88. The van der Waals surface area contributed by atoms with Crippen LogP contribution in [0.4, 0.5) is 0 Å². The van der Waals surface area contributed by atoms with Crippen LogP contribution >= 0.6 is 0 Å². The Morgan fingerprint density at radius 3 is 2.65 bits per heavy atom. The number of hydrogen-bond acceptors (Lipinski definition) is 3. The van der Waals surface area contributed by atoms with Gasteiger partial charge in [0.15, 0.2) is 5.78 Å². The zero-order valence-electron chi connectivity index (χ0n) is 16.2. The fourth-order valence-electron chi connectivity index (χ4n) is 4.58. The summed E-state index contributed by atoms with van der Waals surface area (Å²) in [6.45, 7) is 8.32. The van der Waals surface area contributed by atoms with Crippen molar-refractivity contribution in [1.29, 1.82) is 0 Å². The first-order valence-electron chi connectivity index (χ1n) is 10.1. The highest BCUT2D eigenvalue weighted by Gasteiger charge is 2.42. The number of likely N-dealkylation sites (tertiary alicyclic amines) is 2. The molecule has 2 fully saturated rings. The molecule has 1 atom stereocenters. The molecule has 2 aliphatic rings. The molecule has 2 saturated heterocycles. The maximum atomic E-state index is 12.3. The fraction of sp³-hybridized carbons (Fsp3) is 0.636. The second-order valence-corrected chi connectivity index (χ2v) is 8.39. The number of nitrogens with zero attached hydrogens (tertiary/aromatic N) is 2. The van der Waals surface area contributed by atoms with Gasteiger partial charge in [-0.15, -0.1) is 0 Å². The number of rotatable bonds is 6. The van der Waals surface area contributed by atoms with Crippen molar-refractivity contribution in [3.8, 4) is 0 Å². The molecule has 0 saturated carbocycles. The summed E-state index contributed by atoms with van der Waals surface area (Å²) in [5, 5.41) is 0. The van der Waals surface area contributed by atoms with Crippen LogP contribution in [-0.4, -0.2) is 53.7 Å². The van der Waals surface area contributed by atoms with Crippen molar-refractivity contribution >= 4 is 11.7 Å². The lowest BCUT2D eigenvalue weighted by atomic mass is 9.73. The Bertz CT molecular complexity index is 628. The number of hydrogen-bond donors (Lipinski definition) is 0. The van der Waals surface area contributed by atoms with E-state index >= 15 is 0 Å². The van der Waals surface area contributed by atoms with Crippen LogP contribution < -0.4 is 0 Å². The van der Waals surface area contributed by atoms with E-state index in [-0.39, 0.29) is 11.2 Å². The first-order valence-corrected chi connectivity index (χ1v) is 10.1. The third kappa shape index (κ3) is 4.53. The Kier molecular flexibility index (Phi) is 6.13. The Hall–Kier alpha value is -1.68. The van der Waals surface area contributed by atoms with Crippen molar-refractivity contribution in [2.24, 2.45) is 5.41 Å². The molecule has 0 aromatic heterocycles. The number of carbonyl (C=O) groups is 2. The highest BCUT2D eigenvalue weighted by Crippen LogP contribution is 2.39. The zero-order chi connectivity index (χ0) is 18.6. The van der Waals surface area contributed by atoms with E-state index in [2.05, 4.69) is 23.6 Å². The Morgan fingerprint density at radius 2 is 1.92 bits per heavy atom. The van der Waals surface area contributed by atoms with Crippen molar-refractivity contribution in [1.82, 2.24) is 9.80 Å². The van der Waals surface area contributed by atoms with Gasteiger partial charge in [-0.1, -0.05) is 30.3 Å². The third-order valence-electron chi connectivity index (χ3n) is 6.03. The predicted molar refractivity (Wildman–Crippen MR) is 104 cm³/mol. The molecule has 26 heavy (non-hydrogen) atoms. The van der Waals surface area contributed by atoms with Gasteiger partial charge in [0.1, 0.15) is 0 Å². The largest absolute Gasteiger partial charge is 0.340 e. The Balaban J connectivity index is 1.51. The molecule has 0 N–H and O–H groups in total. The van der Waals surface area contributed by atoms with E-state index < -0.39 is 0 Å². The van der Waals surface area contributed by atoms with E-state index in [1.165, 1.54) is 12.8 Å². The lowest BCUT2D eigenvalue weighted by Gasteiger charge is -2.49. The number of Topliss-reactive ketones (excluding diaryl/α,β-unsaturated/α-hetero) is 1. The van der Waals surface area contributed by atoms with Crippen LogP contribution in [0.25, 0.3) is 0 Å². The Labute approximate surface area is 157 Å². The monoisotopic (exact) mass is 356 g/mol. The average molecular weight is 357 g/mol. The van der Waals surface area contributed by atoms with E-state index in [9.17, 15) is 9.59 Å². The van der Waals surface area contributed by atoms with Gasteiger partial charge in [-0.2, -0.15) is 0 Å². The van der Waals surface area contributed by atoms with Crippen molar-refractivity contribution in [2.75, 3.05) is 26.2 Å². The van der Waals surface area contributed by atoms with Crippen LogP contribution in [0.5, 0.6) is 0 Å². The minimum absolute atomic E-state index is 0.242. The second kappa shape index (κ2) is 8.34. The molecular formula is C22H32N2O2. The number of ketones is 1. The highest BCUT2D eigenvalue weighted by molar-refractivity contribution is 5.95. The van der Waals surface area contributed by atoms with Gasteiger partial charge in [0.2, 0.25) is 5.91 Å². The van der Waals surface area contributed by atoms with Gasteiger partial charge < -0.3 is 9.80 Å². The van der Waals surface area contributed by atoms with Crippen LogP contribution in [0.3, 0.4) is 0 Å². The molecule has 0 bridgehead atoms. The smallest absolute Gasteiger partial charge is 0.222 e. The zero-order valence-corrected chi connectivity index (χ0v) is 16.2. The van der Waals surface area contributed by atoms with Crippen LogP contribution in [-0.2, 0) is 4.79 Å². The maximum Gasteiger partial charge on any atom is 0.222 e. The molecule has 2 aliphatic heterocycles. The van der Waals surface area contributed by atoms with Gasteiger partial charge in [-0.25, -0.2) is 0 Å². The van der Waals surface area contributed by atoms with Crippen molar-refractivity contribution in [3.05, 3.63) is 35.9 Å². The van der Waals surface area contributed by atoms with Crippen LogP contribution in [0.2, 0.25) is 0 Å². The molecule has 0 radical (unpaired) electrons. The Morgan fingerprint density at radius 1 is 1.15 bits per heavy atom. The first kappa shape index (κ1) is 19.1. The van der Waals surface area contributed by atoms with Gasteiger partial charge in [0.05, 0.1) is 0 Å². The van der Waals surface area contributed by atoms with Crippen LogP contribution in [0.1, 0.15) is 62.7 Å². The molecule has 1 aromatic carbocycles. The molecule has 3 rings (SSSR count). The first-order chi connectivity index (χ1) is 12.5. The van der Waals surface area contributed by atoms with Crippen LogP contribution in [0.15, 0.2) is 30.3 Å². The summed E-state index contributed by atoms with van der Waals surface area (Å²) in [5.74, 6) is 0.558. The predicted octanol–water partition coefficient (Wildman–Crippen LogP) is 3.76. The molecule has 142 valence electrons. The topological polar surface area (TPSA) is 40.6 Å². The van der Waals surface area contributed by atoms with E-state index in [4.69, 9.17) is 0 Å². The highest BCUT2D eigenvalue weighted by atomic mass is 16.2. The van der Waals surface area contributed by atoms with E-state index in [1.807, 2.05) is 30.3 Å². The number of piperidine rings is 2. The van der Waals surface area contributed by atoms with Crippen molar-refractivity contribution < 1.29 is 9.59 Å². The number of benzene rings is 1.